The molecule has 1 aliphatic heterocycles. The van der Waals surface area contributed by atoms with Crippen LogP contribution in [0.2, 0.25) is 0 Å². The van der Waals surface area contributed by atoms with Crippen LogP contribution in [-0.4, -0.2) is 32.2 Å². The molecule has 0 bridgehead atoms. The van der Waals surface area contributed by atoms with Gasteiger partial charge in [0, 0.05) is 0 Å². The van der Waals surface area contributed by atoms with Crippen LogP contribution >= 0.6 is 0 Å². The molecule has 102 valence electrons. The molecule has 0 aromatic heterocycles. The first-order valence-corrected chi connectivity index (χ1v) is 6.12. The summed E-state index contributed by atoms with van der Waals surface area (Å²) in [6.07, 6.45) is 0. The van der Waals surface area contributed by atoms with Gasteiger partial charge in [-0.1, -0.05) is 30.3 Å². The van der Waals surface area contributed by atoms with Gasteiger partial charge in [-0.2, -0.15) is 0 Å². The lowest BCUT2D eigenvalue weighted by molar-refractivity contribution is -0.188. The summed E-state index contributed by atoms with van der Waals surface area (Å²) in [6.45, 7) is 2.03. The summed E-state index contributed by atoms with van der Waals surface area (Å²) in [7, 11) is 1.27. The molecule has 1 aliphatic rings. The van der Waals surface area contributed by atoms with E-state index in [-0.39, 0.29) is 25.2 Å². The Kier molecular flexibility index (Phi) is 3.85. The van der Waals surface area contributed by atoms with Crippen molar-refractivity contribution in [1.82, 2.24) is 5.32 Å². The van der Waals surface area contributed by atoms with Crippen molar-refractivity contribution in [3.63, 3.8) is 0 Å². The molecule has 1 unspecified atom stereocenters. The van der Waals surface area contributed by atoms with E-state index in [4.69, 9.17) is 4.74 Å². The third kappa shape index (κ3) is 2.46. The third-order valence-corrected chi connectivity index (χ3v) is 3.35. The fraction of sp³-hybridized carbons (Fsp3) is 0.429. The van der Waals surface area contributed by atoms with Crippen LogP contribution in [0.4, 0.5) is 0 Å². The Morgan fingerprint density at radius 3 is 2.42 bits per heavy atom. The summed E-state index contributed by atoms with van der Waals surface area (Å²) in [5.74, 6) is -0.890. The molecule has 1 heterocycles. The second kappa shape index (κ2) is 5.40. The maximum absolute atomic E-state index is 12.2. The Morgan fingerprint density at radius 1 is 1.32 bits per heavy atom. The molecule has 0 spiro atoms. The minimum atomic E-state index is -1.18. The van der Waals surface area contributed by atoms with Gasteiger partial charge in [-0.05, 0) is 12.5 Å². The highest BCUT2D eigenvalue weighted by Gasteiger charge is 2.54. The highest BCUT2D eigenvalue weighted by Crippen LogP contribution is 2.30. The highest BCUT2D eigenvalue weighted by atomic mass is 16.5. The Morgan fingerprint density at radius 2 is 1.95 bits per heavy atom. The van der Waals surface area contributed by atoms with Gasteiger partial charge in [0.25, 0.3) is 0 Å². The number of hydrogen-bond donors (Lipinski definition) is 1. The van der Waals surface area contributed by atoms with E-state index in [9.17, 15) is 9.59 Å². The van der Waals surface area contributed by atoms with Gasteiger partial charge >= 0.3 is 5.97 Å². The molecule has 0 aliphatic carbocycles. The van der Waals surface area contributed by atoms with Crippen molar-refractivity contribution in [2.75, 3.05) is 20.3 Å². The molecule has 1 fully saturated rings. The molecular formula is C14H17NO4. The van der Waals surface area contributed by atoms with Gasteiger partial charge < -0.3 is 14.8 Å². The molecule has 5 heteroatoms. The van der Waals surface area contributed by atoms with Crippen molar-refractivity contribution in [3.8, 4) is 0 Å². The minimum absolute atomic E-state index is 0.0764. The Hall–Kier alpha value is -1.88. The summed E-state index contributed by atoms with van der Waals surface area (Å²) in [6, 6.07) is 9.39. The lowest BCUT2D eigenvalue weighted by Gasteiger charge is -2.37. The van der Waals surface area contributed by atoms with Crippen LogP contribution in [0.5, 0.6) is 0 Å². The van der Waals surface area contributed by atoms with Gasteiger partial charge in [-0.3, -0.25) is 9.59 Å². The van der Waals surface area contributed by atoms with E-state index in [1.54, 1.807) is 0 Å². The van der Waals surface area contributed by atoms with Crippen LogP contribution in [0.25, 0.3) is 0 Å². The third-order valence-electron chi connectivity index (χ3n) is 3.35. The van der Waals surface area contributed by atoms with Crippen molar-refractivity contribution in [1.29, 1.82) is 0 Å². The first kappa shape index (κ1) is 13.5. The number of methoxy groups -OCH3 is 1. The van der Waals surface area contributed by atoms with E-state index in [0.29, 0.717) is 0 Å². The van der Waals surface area contributed by atoms with Crippen molar-refractivity contribution >= 4 is 11.9 Å². The Balaban J connectivity index is 2.06. The minimum Gasteiger partial charge on any atom is -0.468 e. The molecule has 1 amide bonds. The standard InChI is InChI=1S/C14H17NO4/c1-10(11-6-4-3-5-7-11)15-12(16)14(8-19-9-14)13(17)18-2/h3-7,10H,8-9H2,1-2H3,(H,15,16). The van der Waals surface area contributed by atoms with Crippen LogP contribution in [0.1, 0.15) is 18.5 Å². The molecule has 5 nitrogen and oxygen atoms in total. The van der Waals surface area contributed by atoms with E-state index < -0.39 is 11.4 Å². The zero-order chi connectivity index (χ0) is 13.9. The molecular weight excluding hydrogens is 246 g/mol. The summed E-state index contributed by atoms with van der Waals surface area (Å²) in [4.78, 5) is 24.0. The van der Waals surface area contributed by atoms with Crippen molar-refractivity contribution in [3.05, 3.63) is 35.9 Å². The van der Waals surface area contributed by atoms with Crippen LogP contribution in [0.15, 0.2) is 30.3 Å². The van der Waals surface area contributed by atoms with Crippen molar-refractivity contribution in [2.45, 2.75) is 13.0 Å². The van der Waals surface area contributed by atoms with Gasteiger partial charge in [-0.15, -0.1) is 0 Å². The second-order valence-electron chi connectivity index (χ2n) is 4.67. The molecule has 0 radical (unpaired) electrons. The second-order valence-corrected chi connectivity index (χ2v) is 4.67. The largest absolute Gasteiger partial charge is 0.468 e. The number of carbonyl (C=O) groups excluding carboxylic acids is 2. The number of amides is 1. The zero-order valence-electron chi connectivity index (χ0n) is 11.0. The van der Waals surface area contributed by atoms with Gasteiger partial charge in [0.2, 0.25) is 5.91 Å². The molecule has 0 saturated carbocycles. The highest BCUT2D eigenvalue weighted by molar-refractivity contribution is 6.04. The normalized spacial score (nSPS) is 18.0. The molecule has 1 aromatic carbocycles. The fourth-order valence-corrected chi connectivity index (χ4v) is 2.00. The van der Waals surface area contributed by atoms with Gasteiger partial charge in [0.05, 0.1) is 26.4 Å². The first-order chi connectivity index (χ1) is 9.10. The first-order valence-electron chi connectivity index (χ1n) is 6.12. The van der Waals surface area contributed by atoms with Crippen LogP contribution in [-0.2, 0) is 19.1 Å². The lowest BCUT2D eigenvalue weighted by Crippen LogP contribution is -2.59. The van der Waals surface area contributed by atoms with E-state index in [0.717, 1.165) is 5.56 Å². The molecule has 2 rings (SSSR count). The predicted molar refractivity (Wildman–Crippen MR) is 68.3 cm³/mol. The number of rotatable bonds is 4. The average molecular weight is 263 g/mol. The van der Waals surface area contributed by atoms with E-state index in [1.807, 2.05) is 37.3 Å². The maximum atomic E-state index is 12.2. The van der Waals surface area contributed by atoms with Gasteiger partial charge in [0.15, 0.2) is 5.41 Å². The number of ether oxygens (including phenoxy) is 2. The van der Waals surface area contributed by atoms with E-state index in [2.05, 4.69) is 10.1 Å². The summed E-state index contributed by atoms with van der Waals surface area (Å²) in [5, 5.41) is 2.83. The van der Waals surface area contributed by atoms with Crippen LogP contribution in [0, 0.1) is 5.41 Å². The van der Waals surface area contributed by atoms with Crippen molar-refractivity contribution < 1.29 is 19.1 Å². The van der Waals surface area contributed by atoms with Gasteiger partial charge in [-0.25, -0.2) is 0 Å². The number of esters is 1. The topological polar surface area (TPSA) is 64.6 Å². The van der Waals surface area contributed by atoms with Crippen LogP contribution < -0.4 is 5.32 Å². The monoisotopic (exact) mass is 263 g/mol. The Labute approximate surface area is 111 Å². The van der Waals surface area contributed by atoms with E-state index in [1.165, 1.54) is 7.11 Å². The quantitative estimate of drug-likeness (QED) is 0.651. The SMILES string of the molecule is COC(=O)C1(C(=O)NC(C)c2ccccc2)COC1. The smallest absolute Gasteiger partial charge is 0.326 e. The number of carbonyl (C=O) groups is 2. The number of benzene rings is 1. The summed E-state index contributed by atoms with van der Waals surface area (Å²) in [5.41, 5.74) is -0.200. The molecule has 1 N–H and O–H groups in total. The molecule has 1 saturated heterocycles. The lowest BCUT2D eigenvalue weighted by atomic mass is 9.84. The number of hydrogen-bond acceptors (Lipinski definition) is 4. The maximum Gasteiger partial charge on any atom is 0.326 e. The average Bonchev–Trinajstić information content (AvgIpc) is 2.38. The van der Waals surface area contributed by atoms with Gasteiger partial charge in [0.1, 0.15) is 0 Å². The molecule has 19 heavy (non-hydrogen) atoms. The molecule has 1 aromatic rings. The predicted octanol–water partition coefficient (Wildman–Crippen LogP) is 1.05. The number of nitrogens with one attached hydrogen (secondary N) is 1. The fourth-order valence-electron chi connectivity index (χ4n) is 2.00. The Bertz CT molecular complexity index is 468. The summed E-state index contributed by atoms with van der Waals surface area (Å²) < 4.78 is 9.69. The van der Waals surface area contributed by atoms with Crippen LogP contribution in [0.3, 0.4) is 0 Å². The zero-order valence-corrected chi connectivity index (χ0v) is 11.0. The van der Waals surface area contributed by atoms with E-state index >= 15 is 0 Å². The summed E-state index contributed by atoms with van der Waals surface area (Å²) >= 11 is 0. The van der Waals surface area contributed by atoms with Crippen molar-refractivity contribution in [2.24, 2.45) is 5.41 Å². The molecule has 1 atom stereocenters.